The van der Waals surface area contributed by atoms with Gasteiger partial charge >= 0.3 is 0 Å². The Kier molecular flexibility index (Phi) is 5.49. The molecule has 2 N–H and O–H groups in total. The third kappa shape index (κ3) is 3.97. The number of fused-ring (bicyclic) bond motifs is 2. The lowest BCUT2D eigenvalue weighted by Crippen LogP contribution is -2.11. The van der Waals surface area contributed by atoms with Gasteiger partial charge in [-0.05, 0) is 67.1 Å². The van der Waals surface area contributed by atoms with Gasteiger partial charge < -0.3 is 4.57 Å². The summed E-state index contributed by atoms with van der Waals surface area (Å²) in [5.74, 6) is 1.72. The van der Waals surface area contributed by atoms with Crippen LogP contribution in [-0.4, -0.2) is 18.0 Å². The molecule has 0 spiro atoms. The highest BCUT2D eigenvalue weighted by atomic mass is 32.2. The first-order valence-electron chi connectivity index (χ1n) is 9.72. The van der Waals surface area contributed by atoms with Crippen LogP contribution in [0, 0.1) is 0 Å². The number of hydrogen-bond acceptors (Lipinski definition) is 4. The van der Waals surface area contributed by atoms with Gasteiger partial charge in [0.15, 0.2) is 0 Å². The molecule has 0 fully saturated rings. The number of aryl methyl sites for hydroxylation is 3. The number of nitrogens with two attached hydrogens (primary N) is 1. The lowest BCUT2D eigenvalue weighted by Gasteiger charge is -2.09. The molecule has 0 saturated carbocycles. The van der Waals surface area contributed by atoms with Crippen LogP contribution in [-0.2, 0) is 35.2 Å². The maximum absolute atomic E-state index is 11.7. The minimum absolute atomic E-state index is 0.109. The fourth-order valence-corrected chi connectivity index (χ4v) is 5.24. The molecule has 148 valence electrons. The predicted molar refractivity (Wildman–Crippen MR) is 114 cm³/mol. The van der Waals surface area contributed by atoms with Crippen LogP contribution >= 0.6 is 11.8 Å². The van der Waals surface area contributed by atoms with Crippen molar-refractivity contribution < 1.29 is 8.42 Å². The first kappa shape index (κ1) is 19.5. The molecule has 1 aliphatic rings. The third-order valence-electron chi connectivity index (χ3n) is 5.30. The second kappa shape index (κ2) is 7.89. The number of rotatable bonds is 7. The molecule has 0 unspecified atom stereocenters. The lowest BCUT2D eigenvalue weighted by atomic mass is 10.1. The minimum Gasteiger partial charge on any atom is -0.327 e. The first-order chi connectivity index (χ1) is 13.5. The van der Waals surface area contributed by atoms with E-state index in [1.165, 1.54) is 35.3 Å². The normalized spacial score (nSPS) is 13.9. The van der Waals surface area contributed by atoms with E-state index >= 15 is 0 Å². The number of sulfonamides is 1. The van der Waals surface area contributed by atoms with Crippen LogP contribution in [0.3, 0.4) is 0 Å². The number of primary sulfonamides is 1. The summed E-state index contributed by atoms with van der Waals surface area (Å²) in [5.41, 5.74) is 4.61. The van der Waals surface area contributed by atoms with Gasteiger partial charge in [0.05, 0.1) is 21.7 Å². The topological polar surface area (TPSA) is 78.0 Å². The largest absolute Gasteiger partial charge is 0.327 e. The van der Waals surface area contributed by atoms with E-state index in [0.29, 0.717) is 5.52 Å². The minimum atomic E-state index is -3.73. The number of benzene rings is 2. The van der Waals surface area contributed by atoms with E-state index in [-0.39, 0.29) is 4.90 Å². The van der Waals surface area contributed by atoms with Gasteiger partial charge in [0.2, 0.25) is 10.0 Å². The van der Waals surface area contributed by atoms with Crippen LogP contribution in [0.25, 0.3) is 11.0 Å². The monoisotopic (exact) mass is 415 g/mol. The number of imidazole rings is 1. The average molecular weight is 416 g/mol. The summed E-state index contributed by atoms with van der Waals surface area (Å²) in [6.45, 7) is 3.04. The number of thioether (sulfide) groups is 1. The summed E-state index contributed by atoms with van der Waals surface area (Å²) in [6, 6.07) is 11.7. The lowest BCUT2D eigenvalue weighted by molar-refractivity contribution is 0.598. The number of nitrogens with zero attached hydrogens (tertiary/aromatic N) is 2. The highest BCUT2D eigenvalue weighted by Crippen LogP contribution is 2.30. The second-order valence-corrected chi connectivity index (χ2v) is 9.91. The van der Waals surface area contributed by atoms with E-state index in [2.05, 4.69) is 29.7 Å². The smallest absolute Gasteiger partial charge is 0.238 e. The third-order valence-corrected chi connectivity index (χ3v) is 7.20. The fourth-order valence-electron chi connectivity index (χ4n) is 3.80. The molecule has 7 heteroatoms. The molecule has 1 aliphatic carbocycles. The summed E-state index contributed by atoms with van der Waals surface area (Å²) in [5, 5.41) is 5.29. The molecule has 0 radical (unpaired) electrons. The molecule has 0 aliphatic heterocycles. The second-order valence-electron chi connectivity index (χ2n) is 7.30. The molecule has 0 saturated heterocycles. The SMILES string of the molecule is CCCCn1c(CSc2ccc3c(c2)CCC3)nc2cc(S(N)(=O)=O)ccc21. The van der Waals surface area contributed by atoms with Crippen molar-refractivity contribution in [2.45, 2.75) is 61.1 Å². The van der Waals surface area contributed by atoms with Crippen molar-refractivity contribution >= 4 is 32.8 Å². The van der Waals surface area contributed by atoms with Gasteiger partial charge in [-0.25, -0.2) is 18.5 Å². The van der Waals surface area contributed by atoms with Gasteiger partial charge in [0.25, 0.3) is 0 Å². The number of unbranched alkanes of at least 4 members (excludes halogenated alkanes) is 1. The highest BCUT2D eigenvalue weighted by Gasteiger charge is 2.16. The molecule has 1 aromatic heterocycles. The molecular formula is C21H25N3O2S2. The Balaban J connectivity index is 1.64. The first-order valence-corrected chi connectivity index (χ1v) is 12.3. The Labute approximate surface area is 170 Å². The molecule has 0 amide bonds. The van der Waals surface area contributed by atoms with Crippen LogP contribution < -0.4 is 5.14 Å². The predicted octanol–water partition coefficient (Wildman–Crippen LogP) is 4.26. The van der Waals surface area contributed by atoms with Crippen molar-refractivity contribution in [2.24, 2.45) is 5.14 Å². The zero-order valence-corrected chi connectivity index (χ0v) is 17.7. The van der Waals surface area contributed by atoms with Gasteiger partial charge in [-0.15, -0.1) is 11.8 Å². The molecule has 1 heterocycles. The zero-order chi connectivity index (χ0) is 19.7. The summed E-state index contributed by atoms with van der Waals surface area (Å²) >= 11 is 1.79. The van der Waals surface area contributed by atoms with Crippen molar-refractivity contribution in [3.8, 4) is 0 Å². The van der Waals surface area contributed by atoms with Gasteiger partial charge in [0.1, 0.15) is 5.82 Å². The van der Waals surface area contributed by atoms with Crippen molar-refractivity contribution in [3.05, 3.63) is 53.3 Å². The molecular weight excluding hydrogens is 390 g/mol. The van der Waals surface area contributed by atoms with E-state index in [9.17, 15) is 8.42 Å². The molecule has 0 atom stereocenters. The Morgan fingerprint density at radius 2 is 1.96 bits per heavy atom. The van der Waals surface area contributed by atoms with Gasteiger partial charge in [-0.2, -0.15) is 0 Å². The maximum atomic E-state index is 11.7. The number of aromatic nitrogens is 2. The summed E-state index contributed by atoms with van der Waals surface area (Å²) < 4.78 is 25.6. The van der Waals surface area contributed by atoms with Crippen molar-refractivity contribution in [3.63, 3.8) is 0 Å². The van der Waals surface area contributed by atoms with Crippen LogP contribution in [0.15, 0.2) is 46.2 Å². The van der Waals surface area contributed by atoms with Gasteiger partial charge in [-0.3, -0.25) is 0 Å². The summed E-state index contributed by atoms with van der Waals surface area (Å²) in [6.07, 6.45) is 5.77. The highest BCUT2D eigenvalue weighted by molar-refractivity contribution is 7.98. The van der Waals surface area contributed by atoms with E-state index in [1.54, 1.807) is 23.9 Å². The van der Waals surface area contributed by atoms with E-state index in [0.717, 1.165) is 36.5 Å². The average Bonchev–Trinajstić information content (AvgIpc) is 3.27. The van der Waals surface area contributed by atoms with Gasteiger partial charge in [0, 0.05) is 11.4 Å². The maximum Gasteiger partial charge on any atom is 0.238 e. The Morgan fingerprint density at radius 3 is 2.75 bits per heavy atom. The van der Waals surface area contributed by atoms with Crippen LogP contribution in [0.1, 0.15) is 43.1 Å². The molecule has 4 rings (SSSR count). The Morgan fingerprint density at radius 1 is 1.14 bits per heavy atom. The fraction of sp³-hybridized carbons (Fsp3) is 0.381. The van der Waals surface area contributed by atoms with Crippen molar-refractivity contribution in [2.75, 3.05) is 0 Å². The molecule has 0 bridgehead atoms. The molecule has 28 heavy (non-hydrogen) atoms. The summed E-state index contributed by atoms with van der Waals surface area (Å²) in [7, 11) is -3.73. The van der Waals surface area contributed by atoms with E-state index in [4.69, 9.17) is 10.1 Å². The van der Waals surface area contributed by atoms with Crippen LogP contribution in [0.5, 0.6) is 0 Å². The van der Waals surface area contributed by atoms with Crippen LogP contribution in [0.2, 0.25) is 0 Å². The van der Waals surface area contributed by atoms with Crippen molar-refractivity contribution in [1.29, 1.82) is 0 Å². The standard InChI is InChI=1S/C21H25N3O2S2/c1-2-3-11-24-20-10-9-18(28(22,25)26)13-19(20)23-21(24)14-27-17-8-7-15-5-4-6-16(15)12-17/h7-10,12-13H,2-6,11,14H2,1H3,(H2,22,25,26). The quantitative estimate of drug-likeness (QED) is 0.585. The summed E-state index contributed by atoms with van der Waals surface area (Å²) in [4.78, 5) is 6.12. The Bertz CT molecular complexity index is 1120. The van der Waals surface area contributed by atoms with Crippen LogP contribution in [0.4, 0.5) is 0 Å². The molecule has 2 aromatic carbocycles. The van der Waals surface area contributed by atoms with Crippen molar-refractivity contribution in [1.82, 2.24) is 9.55 Å². The van der Waals surface area contributed by atoms with E-state index in [1.807, 2.05) is 6.07 Å². The Hall–Kier alpha value is -1.83. The molecule has 3 aromatic rings. The van der Waals surface area contributed by atoms with E-state index < -0.39 is 10.0 Å². The molecule has 5 nitrogen and oxygen atoms in total. The number of hydrogen-bond donors (Lipinski definition) is 1. The van der Waals surface area contributed by atoms with Gasteiger partial charge in [-0.1, -0.05) is 19.4 Å². The zero-order valence-electron chi connectivity index (χ0n) is 16.0.